The molecule has 2 aliphatic rings. The van der Waals surface area contributed by atoms with E-state index in [0.717, 1.165) is 18.8 Å². The Balaban J connectivity index is 1.96. The first kappa shape index (κ1) is 10.2. The van der Waals surface area contributed by atoms with Gasteiger partial charge in [0.1, 0.15) is 5.75 Å². The van der Waals surface area contributed by atoms with E-state index in [9.17, 15) is 5.11 Å². The van der Waals surface area contributed by atoms with Crippen LogP contribution in [0.4, 0.5) is 0 Å². The van der Waals surface area contributed by atoms with Crippen molar-refractivity contribution in [2.24, 2.45) is 5.92 Å². The fraction of sp³-hybridized carbons (Fsp3) is 0.571. The highest BCUT2D eigenvalue weighted by Crippen LogP contribution is 2.37. The number of piperidine rings is 1. The fourth-order valence-corrected chi connectivity index (χ4v) is 3.42. The van der Waals surface area contributed by atoms with Crippen molar-refractivity contribution in [3.63, 3.8) is 0 Å². The number of fused-ring (bicyclic) bond motifs is 2. The molecule has 1 saturated heterocycles. The molecule has 1 heterocycles. The maximum absolute atomic E-state index is 9.90. The van der Waals surface area contributed by atoms with Crippen LogP contribution in [0.25, 0.3) is 0 Å². The lowest BCUT2D eigenvalue weighted by atomic mass is 9.75. The van der Waals surface area contributed by atoms with Crippen molar-refractivity contribution in [1.82, 2.24) is 4.90 Å². The number of likely N-dealkylation sites (N-methyl/N-ethyl adjacent to an activating group) is 1. The van der Waals surface area contributed by atoms with Crippen LogP contribution < -0.4 is 0 Å². The van der Waals surface area contributed by atoms with Crippen LogP contribution in [-0.2, 0) is 12.8 Å². The summed E-state index contributed by atoms with van der Waals surface area (Å²) in [4.78, 5) is 2.50. The second kappa shape index (κ2) is 3.77. The molecule has 86 valence electrons. The van der Waals surface area contributed by atoms with Crippen LogP contribution in [0, 0.1) is 5.92 Å². The van der Waals surface area contributed by atoms with Crippen molar-refractivity contribution in [1.29, 1.82) is 0 Å². The maximum Gasteiger partial charge on any atom is 0.119 e. The molecule has 0 radical (unpaired) electrons. The van der Waals surface area contributed by atoms with Crippen LogP contribution in [0.1, 0.15) is 24.0 Å². The summed E-state index contributed by atoms with van der Waals surface area (Å²) in [5.41, 5.74) is 2.56. The number of phenolic OH excluding ortho intramolecular Hbond substituents is 1. The summed E-state index contributed by atoms with van der Waals surface area (Å²) in [6, 6.07) is 6.67. The monoisotopic (exact) mass is 217 g/mol. The van der Waals surface area contributed by atoms with E-state index in [4.69, 9.17) is 0 Å². The van der Waals surface area contributed by atoms with Gasteiger partial charge >= 0.3 is 0 Å². The third-order valence-electron chi connectivity index (χ3n) is 4.34. The third-order valence-corrected chi connectivity index (χ3v) is 4.34. The number of aromatic hydroxyl groups is 1. The molecule has 1 aliphatic carbocycles. The first-order valence-corrected chi connectivity index (χ1v) is 6.25. The fourth-order valence-electron chi connectivity index (χ4n) is 3.42. The molecule has 1 aliphatic heterocycles. The van der Waals surface area contributed by atoms with Gasteiger partial charge in [0.25, 0.3) is 0 Å². The Morgan fingerprint density at radius 3 is 3.06 bits per heavy atom. The lowest BCUT2D eigenvalue weighted by molar-refractivity contribution is 0.111. The summed E-state index contributed by atoms with van der Waals surface area (Å²) in [6.45, 7) is 1.23. The van der Waals surface area contributed by atoms with Gasteiger partial charge in [0.2, 0.25) is 0 Å². The average molecular weight is 217 g/mol. The number of rotatable bonds is 0. The highest BCUT2D eigenvalue weighted by Gasteiger charge is 2.34. The summed E-state index contributed by atoms with van der Waals surface area (Å²) in [5, 5.41) is 9.90. The number of likely N-dealkylation sites (tertiary alicyclic amines) is 1. The Hall–Kier alpha value is -1.02. The van der Waals surface area contributed by atoms with E-state index >= 15 is 0 Å². The highest BCUT2D eigenvalue weighted by molar-refractivity contribution is 5.42. The van der Waals surface area contributed by atoms with Gasteiger partial charge in [-0.25, -0.2) is 0 Å². The summed E-state index contributed by atoms with van der Waals surface area (Å²) in [7, 11) is 2.24. The quantitative estimate of drug-likeness (QED) is 0.720. The Morgan fingerprint density at radius 1 is 1.31 bits per heavy atom. The summed E-state index contributed by atoms with van der Waals surface area (Å²) >= 11 is 0. The topological polar surface area (TPSA) is 23.5 Å². The molecule has 1 aromatic carbocycles. The van der Waals surface area contributed by atoms with Crippen LogP contribution in [0.2, 0.25) is 0 Å². The largest absolute Gasteiger partial charge is 0.508 e. The van der Waals surface area contributed by atoms with Crippen molar-refractivity contribution in [3.05, 3.63) is 29.3 Å². The molecular weight excluding hydrogens is 198 g/mol. The molecule has 0 aromatic heterocycles. The minimum atomic E-state index is 0.504. The molecule has 0 unspecified atom stereocenters. The van der Waals surface area contributed by atoms with Crippen molar-refractivity contribution in [3.8, 4) is 5.75 Å². The van der Waals surface area contributed by atoms with Crippen molar-refractivity contribution >= 4 is 0 Å². The molecule has 0 amide bonds. The van der Waals surface area contributed by atoms with E-state index in [0.29, 0.717) is 11.8 Å². The summed E-state index contributed by atoms with van der Waals surface area (Å²) < 4.78 is 0. The van der Waals surface area contributed by atoms with E-state index in [1.54, 1.807) is 0 Å². The second-order valence-corrected chi connectivity index (χ2v) is 5.27. The van der Waals surface area contributed by atoms with E-state index in [1.807, 2.05) is 12.1 Å². The zero-order valence-electron chi connectivity index (χ0n) is 9.82. The van der Waals surface area contributed by atoms with E-state index in [1.165, 1.54) is 30.5 Å². The van der Waals surface area contributed by atoms with Crippen LogP contribution in [0.3, 0.4) is 0 Å². The standard InChI is InChI=1S/C14H19NO/c1-15-7-3-5-11-8-12-10(9-13(11)15)4-2-6-14(12)16/h2,4,6,11,13,16H,3,5,7-9H2,1H3/t11-,13+/m1/s1. The van der Waals surface area contributed by atoms with Gasteiger partial charge in [0, 0.05) is 6.04 Å². The number of nitrogens with zero attached hydrogens (tertiary/aromatic N) is 1. The minimum absolute atomic E-state index is 0.504. The molecular formula is C14H19NO. The van der Waals surface area contributed by atoms with Crippen molar-refractivity contribution < 1.29 is 5.11 Å². The summed E-state index contributed by atoms with van der Waals surface area (Å²) in [6.07, 6.45) is 4.81. The van der Waals surface area contributed by atoms with E-state index in [2.05, 4.69) is 18.0 Å². The van der Waals surface area contributed by atoms with E-state index in [-0.39, 0.29) is 0 Å². The highest BCUT2D eigenvalue weighted by atomic mass is 16.3. The minimum Gasteiger partial charge on any atom is -0.508 e. The molecule has 0 bridgehead atoms. The number of benzene rings is 1. The number of hydrogen-bond acceptors (Lipinski definition) is 2. The smallest absolute Gasteiger partial charge is 0.119 e. The Kier molecular flexibility index (Phi) is 2.40. The second-order valence-electron chi connectivity index (χ2n) is 5.27. The lowest BCUT2D eigenvalue weighted by Crippen LogP contribution is -2.47. The van der Waals surface area contributed by atoms with Crippen LogP contribution >= 0.6 is 0 Å². The van der Waals surface area contributed by atoms with Gasteiger partial charge in [-0.15, -0.1) is 0 Å². The number of hydrogen-bond donors (Lipinski definition) is 1. The SMILES string of the molecule is CN1CCC[C@@H]2Cc3c(O)cccc3C[C@@H]21. The number of phenols is 1. The van der Waals surface area contributed by atoms with Gasteiger partial charge in [0.15, 0.2) is 0 Å². The molecule has 3 rings (SSSR count). The predicted octanol–water partition coefficient (Wildman–Crippen LogP) is 2.20. The van der Waals surface area contributed by atoms with E-state index < -0.39 is 0 Å². The van der Waals surface area contributed by atoms with Gasteiger partial charge in [0.05, 0.1) is 0 Å². The van der Waals surface area contributed by atoms with Gasteiger partial charge in [-0.2, -0.15) is 0 Å². The van der Waals surface area contributed by atoms with Crippen LogP contribution in [0.15, 0.2) is 18.2 Å². The Bertz CT molecular complexity index is 402. The molecule has 2 atom stereocenters. The molecule has 2 nitrogen and oxygen atoms in total. The zero-order valence-corrected chi connectivity index (χ0v) is 9.82. The molecule has 16 heavy (non-hydrogen) atoms. The molecule has 0 spiro atoms. The van der Waals surface area contributed by atoms with Crippen molar-refractivity contribution in [2.45, 2.75) is 31.7 Å². The normalized spacial score (nSPS) is 29.6. The van der Waals surface area contributed by atoms with Gasteiger partial charge in [-0.1, -0.05) is 12.1 Å². The Morgan fingerprint density at radius 2 is 2.19 bits per heavy atom. The average Bonchev–Trinajstić information content (AvgIpc) is 2.29. The third kappa shape index (κ3) is 1.52. The first-order chi connectivity index (χ1) is 7.75. The molecule has 0 saturated carbocycles. The van der Waals surface area contributed by atoms with Crippen LogP contribution in [-0.4, -0.2) is 29.6 Å². The molecule has 1 fully saturated rings. The summed E-state index contributed by atoms with van der Waals surface area (Å²) in [5.74, 6) is 1.25. The molecule has 1 aromatic rings. The predicted molar refractivity (Wildman–Crippen MR) is 64.7 cm³/mol. The first-order valence-electron chi connectivity index (χ1n) is 6.25. The maximum atomic E-state index is 9.90. The van der Waals surface area contributed by atoms with Gasteiger partial charge < -0.3 is 10.0 Å². The Labute approximate surface area is 96.9 Å². The molecule has 2 heteroatoms. The van der Waals surface area contributed by atoms with Crippen molar-refractivity contribution in [2.75, 3.05) is 13.6 Å². The lowest BCUT2D eigenvalue weighted by Gasteiger charge is -2.43. The van der Waals surface area contributed by atoms with Gasteiger partial charge in [-0.05, 0) is 62.4 Å². The molecule has 1 N–H and O–H groups in total. The van der Waals surface area contributed by atoms with Crippen LogP contribution in [0.5, 0.6) is 5.75 Å². The zero-order chi connectivity index (χ0) is 11.1. The van der Waals surface area contributed by atoms with Gasteiger partial charge in [-0.3, -0.25) is 0 Å².